The Morgan fingerprint density at radius 1 is 0.941 bits per heavy atom. The van der Waals surface area contributed by atoms with Crippen LogP contribution in [0.4, 0.5) is 4.39 Å². The van der Waals surface area contributed by atoms with Crippen LogP contribution in [0.1, 0.15) is 35.5 Å². The maximum Gasteiger partial charge on any atom is 0.262 e. The van der Waals surface area contributed by atoms with E-state index < -0.39 is 0 Å². The number of rotatable bonds is 10. The Labute approximate surface area is 198 Å². The molecule has 180 valence electrons. The van der Waals surface area contributed by atoms with E-state index in [0.717, 1.165) is 5.56 Å². The van der Waals surface area contributed by atoms with Crippen LogP contribution in [-0.2, 0) is 17.9 Å². The molecular weight excluding hydrogens is 439 g/mol. The standard InChI is InChI=1S/C26H29FN2O5/c1-18(2)29(26(31)25-22(32-3)8-5-9-23(25)33-4)17-24(30)28(16-21-7-6-14-34-21)15-19-10-12-20(27)13-11-19/h5-14,18H,15-17H2,1-4H3. The Bertz CT molecular complexity index is 1070. The highest BCUT2D eigenvalue weighted by Gasteiger charge is 2.29. The molecule has 0 saturated carbocycles. The van der Waals surface area contributed by atoms with Crippen molar-refractivity contribution < 1.29 is 27.9 Å². The molecule has 0 bridgehead atoms. The number of nitrogens with zero attached hydrogens (tertiary/aromatic N) is 2. The van der Waals surface area contributed by atoms with Gasteiger partial charge in [-0.2, -0.15) is 0 Å². The fourth-order valence-corrected chi connectivity index (χ4v) is 3.57. The van der Waals surface area contributed by atoms with Crippen molar-refractivity contribution in [2.45, 2.75) is 33.0 Å². The van der Waals surface area contributed by atoms with E-state index in [9.17, 15) is 14.0 Å². The minimum absolute atomic E-state index is 0.167. The number of hydrogen-bond acceptors (Lipinski definition) is 5. The quantitative estimate of drug-likeness (QED) is 0.438. The van der Waals surface area contributed by atoms with Gasteiger partial charge in [-0.05, 0) is 55.8 Å². The van der Waals surface area contributed by atoms with Crippen LogP contribution in [0.2, 0.25) is 0 Å². The summed E-state index contributed by atoms with van der Waals surface area (Å²) in [6, 6.07) is 14.3. The minimum atomic E-state index is -0.377. The topological polar surface area (TPSA) is 72.2 Å². The molecule has 0 N–H and O–H groups in total. The first kappa shape index (κ1) is 24.8. The number of amides is 2. The van der Waals surface area contributed by atoms with Crippen LogP contribution < -0.4 is 9.47 Å². The van der Waals surface area contributed by atoms with Crippen molar-refractivity contribution in [2.24, 2.45) is 0 Å². The van der Waals surface area contributed by atoms with Crippen molar-refractivity contribution in [3.63, 3.8) is 0 Å². The third kappa shape index (κ3) is 5.95. The summed E-state index contributed by atoms with van der Waals surface area (Å²) in [5.74, 6) is 0.315. The zero-order valence-corrected chi connectivity index (χ0v) is 19.8. The van der Waals surface area contributed by atoms with Crippen LogP contribution in [0.25, 0.3) is 0 Å². The van der Waals surface area contributed by atoms with Gasteiger partial charge in [0.25, 0.3) is 5.91 Å². The monoisotopic (exact) mass is 468 g/mol. The third-order valence-corrected chi connectivity index (χ3v) is 5.40. The highest BCUT2D eigenvalue weighted by molar-refractivity contribution is 6.01. The molecule has 0 radical (unpaired) electrons. The van der Waals surface area contributed by atoms with E-state index in [1.54, 1.807) is 47.4 Å². The van der Waals surface area contributed by atoms with E-state index in [4.69, 9.17) is 13.9 Å². The Balaban J connectivity index is 1.87. The average molecular weight is 469 g/mol. The lowest BCUT2D eigenvalue weighted by Crippen LogP contribution is -2.45. The summed E-state index contributed by atoms with van der Waals surface area (Å²) in [6.45, 7) is 3.95. The van der Waals surface area contributed by atoms with Crippen molar-refractivity contribution >= 4 is 11.8 Å². The molecule has 0 aliphatic heterocycles. The number of ether oxygens (including phenoxy) is 2. The Hall–Kier alpha value is -3.81. The summed E-state index contributed by atoms with van der Waals surface area (Å²) in [5.41, 5.74) is 1.01. The van der Waals surface area contributed by atoms with Gasteiger partial charge >= 0.3 is 0 Å². The first-order chi connectivity index (χ1) is 16.3. The van der Waals surface area contributed by atoms with Crippen molar-refractivity contribution in [2.75, 3.05) is 20.8 Å². The second-order valence-electron chi connectivity index (χ2n) is 8.02. The summed E-state index contributed by atoms with van der Waals surface area (Å²) in [4.78, 5) is 30.1. The number of furan rings is 1. The van der Waals surface area contributed by atoms with Gasteiger partial charge in [-0.1, -0.05) is 18.2 Å². The number of halogens is 1. The van der Waals surface area contributed by atoms with Gasteiger partial charge in [0.05, 0.1) is 27.0 Å². The molecule has 3 aromatic rings. The van der Waals surface area contributed by atoms with Gasteiger partial charge in [0.15, 0.2) is 0 Å². The molecule has 7 nitrogen and oxygen atoms in total. The molecular formula is C26H29FN2O5. The molecule has 2 aromatic carbocycles. The number of methoxy groups -OCH3 is 2. The molecule has 0 spiro atoms. The van der Waals surface area contributed by atoms with E-state index in [1.807, 2.05) is 13.8 Å². The van der Waals surface area contributed by atoms with Gasteiger partial charge in [0, 0.05) is 12.6 Å². The first-order valence-corrected chi connectivity index (χ1v) is 10.9. The molecule has 0 fully saturated rings. The second kappa shape index (κ2) is 11.4. The summed E-state index contributed by atoms with van der Waals surface area (Å²) < 4.78 is 29.6. The van der Waals surface area contributed by atoms with E-state index in [-0.39, 0.29) is 48.9 Å². The Kier molecular flexibility index (Phi) is 8.29. The van der Waals surface area contributed by atoms with Gasteiger partial charge in [-0.25, -0.2) is 4.39 Å². The third-order valence-electron chi connectivity index (χ3n) is 5.40. The van der Waals surface area contributed by atoms with Crippen LogP contribution in [0.3, 0.4) is 0 Å². The Morgan fingerprint density at radius 3 is 2.12 bits per heavy atom. The summed E-state index contributed by atoms with van der Waals surface area (Å²) >= 11 is 0. The second-order valence-corrected chi connectivity index (χ2v) is 8.02. The fourth-order valence-electron chi connectivity index (χ4n) is 3.57. The maximum atomic E-state index is 13.6. The van der Waals surface area contributed by atoms with Crippen molar-refractivity contribution in [1.29, 1.82) is 0 Å². The van der Waals surface area contributed by atoms with Crippen LogP contribution >= 0.6 is 0 Å². The Morgan fingerprint density at radius 2 is 1.59 bits per heavy atom. The van der Waals surface area contributed by atoms with Crippen molar-refractivity contribution in [3.8, 4) is 11.5 Å². The molecule has 8 heteroatoms. The molecule has 1 heterocycles. The predicted octanol–water partition coefficient (Wildman–Crippen LogP) is 4.52. The summed E-state index contributed by atoms with van der Waals surface area (Å²) in [7, 11) is 2.95. The molecule has 2 amide bonds. The number of carbonyl (C=O) groups excluding carboxylic acids is 2. The molecule has 0 unspecified atom stereocenters. The van der Waals surface area contributed by atoms with Gasteiger partial charge in [0.2, 0.25) is 5.91 Å². The lowest BCUT2D eigenvalue weighted by molar-refractivity contribution is -0.133. The minimum Gasteiger partial charge on any atom is -0.496 e. The van der Waals surface area contributed by atoms with Crippen molar-refractivity contribution in [3.05, 3.63) is 83.6 Å². The van der Waals surface area contributed by atoms with Crippen LogP contribution in [0.15, 0.2) is 65.3 Å². The zero-order chi connectivity index (χ0) is 24.7. The largest absolute Gasteiger partial charge is 0.496 e. The van der Waals surface area contributed by atoms with Crippen LogP contribution in [0, 0.1) is 5.82 Å². The molecule has 0 atom stereocenters. The SMILES string of the molecule is COc1cccc(OC)c1C(=O)N(CC(=O)N(Cc1ccc(F)cc1)Cc1ccco1)C(C)C. The van der Waals surface area contributed by atoms with Gasteiger partial charge in [-0.3, -0.25) is 9.59 Å². The lowest BCUT2D eigenvalue weighted by atomic mass is 10.1. The van der Waals surface area contributed by atoms with Crippen LogP contribution in [0.5, 0.6) is 11.5 Å². The number of carbonyl (C=O) groups is 2. The molecule has 0 saturated heterocycles. The first-order valence-electron chi connectivity index (χ1n) is 10.9. The summed E-state index contributed by atoms with van der Waals surface area (Å²) in [6.07, 6.45) is 1.54. The maximum absolute atomic E-state index is 13.6. The number of benzene rings is 2. The van der Waals surface area contributed by atoms with Crippen molar-refractivity contribution in [1.82, 2.24) is 9.80 Å². The summed E-state index contributed by atoms with van der Waals surface area (Å²) in [5, 5.41) is 0. The highest BCUT2D eigenvalue weighted by Crippen LogP contribution is 2.30. The zero-order valence-electron chi connectivity index (χ0n) is 19.8. The lowest BCUT2D eigenvalue weighted by Gasteiger charge is -2.30. The number of hydrogen-bond donors (Lipinski definition) is 0. The molecule has 0 aliphatic rings. The normalized spacial score (nSPS) is 10.8. The fraction of sp³-hybridized carbons (Fsp3) is 0.308. The van der Waals surface area contributed by atoms with E-state index in [0.29, 0.717) is 17.3 Å². The van der Waals surface area contributed by atoms with Gasteiger partial charge in [-0.15, -0.1) is 0 Å². The smallest absolute Gasteiger partial charge is 0.262 e. The average Bonchev–Trinajstić information content (AvgIpc) is 3.35. The molecule has 0 aliphatic carbocycles. The molecule has 1 aromatic heterocycles. The van der Waals surface area contributed by atoms with Gasteiger partial charge < -0.3 is 23.7 Å². The van der Waals surface area contributed by atoms with E-state index in [1.165, 1.54) is 37.5 Å². The van der Waals surface area contributed by atoms with Gasteiger partial charge in [0.1, 0.15) is 35.2 Å². The molecule has 3 rings (SSSR count). The molecule has 34 heavy (non-hydrogen) atoms. The van der Waals surface area contributed by atoms with E-state index >= 15 is 0 Å². The predicted molar refractivity (Wildman–Crippen MR) is 125 cm³/mol. The highest BCUT2D eigenvalue weighted by atomic mass is 19.1. The van der Waals surface area contributed by atoms with E-state index in [2.05, 4.69) is 0 Å². The van der Waals surface area contributed by atoms with Crippen LogP contribution in [-0.4, -0.2) is 48.4 Å².